The van der Waals surface area contributed by atoms with E-state index in [1.165, 1.54) is 36.0 Å². The number of allylic oxidation sites excluding steroid dienone is 6. The predicted molar refractivity (Wildman–Crippen MR) is 96.2 cm³/mol. The Morgan fingerprint density at radius 1 is 0.800 bits per heavy atom. The van der Waals surface area contributed by atoms with Gasteiger partial charge in [0.05, 0.1) is 5.33 Å². The maximum absolute atomic E-state index is 3.30. The van der Waals surface area contributed by atoms with E-state index < -0.39 is 0 Å². The molecule has 0 N–H and O–H groups in total. The average Bonchev–Trinajstić information content (AvgIpc) is 2.38. The summed E-state index contributed by atoms with van der Waals surface area (Å²) in [6, 6.07) is 0. The molecule has 0 fully saturated rings. The molecule has 0 radical (unpaired) electrons. The molecule has 1 heteroatoms. The minimum Gasteiger partial charge on any atom is -0.102 e. The summed E-state index contributed by atoms with van der Waals surface area (Å²) in [5, 5.41) is 0.784. The van der Waals surface area contributed by atoms with Crippen molar-refractivity contribution in [2.45, 2.75) is 66.2 Å². The number of unbranched alkanes of at least 4 members (excludes halogenated alkanes) is 1. The molecule has 0 spiro atoms. The van der Waals surface area contributed by atoms with E-state index in [0.29, 0.717) is 0 Å². The van der Waals surface area contributed by atoms with E-state index in [1.54, 1.807) is 0 Å². The van der Waals surface area contributed by atoms with E-state index in [4.69, 9.17) is 0 Å². The molecule has 0 unspecified atom stereocenters. The monoisotopic (exact) mass is 336 g/mol. The SMILES string of the molecule is CC(C)=CCCC(C)=CCCC(C)=CCCC#CCBr. The third kappa shape index (κ3) is 13.7. The van der Waals surface area contributed by atoms with Gasteiger partial charge < -0.3 is 0 Å². The van der Waals surface area contributed by atoms with Crippen LogP contribution in [0.4, 0.5) is 0 Å². The van der Waals surface area contributed by atoms with Gasteiger partial charge >= 0.3 is 0 Å². The molecule has 0 saturated heterocycles. The van der Waals surface area contributed by atoms with E-state index in [2.05, 4.69) is 73.7 Å². The first-order chi connectivity index (χ1) is 9.56. The van der Waals surface area contributed by atoms with Crippen molar-refractivity contribution < 1.29 is 0 Å². The van der Waals surface area contributed by atoms with Gasteiger partial charge in [-0.25, -0.2) is 0 Å². The molecular formula is C19H29Br. The summed E-state index contributed by atoms with van der Waals surface area (Å²) in [6.45, 7) is 8.79. The van der Waals surface area contributed by atoms with Crippen molar-refractivity contribution in [1.82, 2.24) is 0 Å². The second-order valence-corrected chi connectivity index (χ2v) is 6.05. The molecule has 20 heavy (non-hydrogen) atoms. The zero-order valence-corrected chi connectivity index (χ0v) is 15.1. The fourth-order valence-corrected chi connectivity index (χ4v) is 2.06. The standard InChI is InChI=1S/C19H29Br/c1-17(2)11-9-13-19(4)15-10-14-18(3)12-7-5-6-8-16-20/h11-12,15H,5,7,9-10,13-14,16H2,1-4H3. The molecule has 0 aliphatic rings. The van der Waals surface area contributed by atoms with Crippen LogP contribution in [-0.4, -0.2) is 5.33 Å². The summed E-state index contributed by atoms with van der Waals surface area (Å²) >= 11 is 3.30. The molecule has 0 aromatic heterocycles. The van der Waals surface area contributed by atoms with Crippen LogP contribution in [0.25, 0.3) is 0 Å². The normalized spacial score (nSPS) is 11.8. The van der Waals surface area contributed by atoms with Gasteiger partial charge in [0.25, 0.3) is 0 Å². The Kier molecular flexibility index (Phi) is 12.8. The Labute approximate surface area is 134 Å². The first-order valence-corrected chi connectivity index (χ1v) is 8.64. The Morgan fingerprint density at radius 2 is 1.35 bits per heavy atom. The first-order valence-electron chi connectivity index (χ1n) is 7.52. The highest BCUT2D eigenvalue weighted by Crippen LogP contribution is 2.12. The van der Waals surface area contributed by atoms with Gasteiger partial charge in [-0.1, -0.05) is 56.8 Å². The quantitative estimate of drug-likeness (QED) is 0.203. The number of rotatable bonds is 8. The largest absolute Gasteiger partial charge is 0.102 e. The second kappa shape index (κ2) is 13.3. The van der Waals surface area contributed by atoms with Crippen molar-refractivity contribution >= 4 is 15.9 Å². The highest BCUT2D eigenvalue weighted by molar-refractivity contribution is 9.09. The molecule has 0 aliphatic heterocycles. The maximum Gasteiger partial charge on any atom is 0.0645 e. The van der Waals surface area contributed by atoms with Gasteiger partial charge in [0.15, 0.2) is 0 Å². The van der Waals surface area contributed by atoms with Crippen LogP contribution in [-0.2, 0) is 0 Å². The van der Waals surface area contributed by atoms with Crippen molar-refractivity contribution in [3.63, 3.8) is 0 Å². The molecule has 0 rings (SSSR count). The zero-order chi connectivity index (χ0) is 15.2. The maximum atomic E-state index is 3.30. The van der Waals surface area contributed by atoms with Gasteiger partial charge in [-0.15, -0.1) is 5.92 Å². The molecule has 0 aromatic rings. The predicted octanol–water partition coefficient (Wildman–Crippen LogP) is 6.58. The van der Waals surface area contributed by atoms with Gasteiger partial charge in [-0.3, -0.25) is 0 Å². The Morgan fingerprint density at radius 3 is 1.90 bits per heavy atom. The van der Waals surface area contributed by atoms with Crippen LogP contribution in [0.5, 0.6) is 0 Å². The van der Waals surface area contributed by atoms with Gasteiger partial charge in [-0.05, 0) is 59.8 Å². The Bertz CT molecular complexity index is 395. The van der Waals surface area contributed by atoms with Crippen LogP contribution in [0.2, 0.25) is 0 Å². The van der Waals surface area contributed by atoms with Crippen LogP contribution in [0.3, 0.4) is 0 Å². The summed E-state index contributed by atoms with van der Waals surface area (Å²) in [7, 11) is 0. The van der Waals surface area contributed by atoms with Gasteiger partial charge in [0, 0.05) is 6.42 Å². The summed E-state index contributed by atoms with van der Waals surface area (Å²) in [6.07, 6.45) is 13.8. The molecule has 0 heterocycles. The number of halogens is 1. The summed E-state index contributed by atoms with van der Waals surface area (Å²) in [5.41, 5.74) is 4.41. The van der Waals surface area contributed by atoms with Crippen molar-refractivity contribution in [3.05, 3.63) is 34.9 Å². The lowest BCUT2D eigenvalue weighted by molar-refractivity contribution is 0.909. The van der Waals surface area contributed by atoms with Crippen molar-refractivity contribution in [2.24, 2.45) is 0 Å². The molecule has 0 saturated carbocycles. The third-order valence-electron chi connectivity index (χ3n) is 3.08. The van der Waals surface area contributed by atoms with Gasteiger partial charge in [0.1, 0.15) is 0 Å². The summed E-state index contributed by atoms with van der Waals surface area (Å²) < 4.78 is 0. The topological polar surface area (TPSA) is 0 Å². The first kappa shape index (κ1) is 19.3. The molecule has 112 valence electrons. The van der Waals surface area contributed by atoms with E-state index in [1.807, 2.05) is 0 Å². The second-order valence-electron chi connectivity index (χ2n) is 5.49. The molecule has 0 atom stereocenters. The molecular weight excluding hydrogens is 308 g/mol. The Balaban J connectivity index is 3.85. The number of alkyl halides is 1. The van der Waals surface area contributed by atoms with E-state index >= 15 is 0 Å². The van der Waals surface area contributed by atoms with Crippen LogP contribution in [0.1, 0.15) is 66.2 Å². The van der Waals surface area contributed by atoms with Gasteiger partial charge in [0.2, 0.25) is 0 Å². The molecule has 0 nitrogen and oxygen atoms in total. The number of hydrogen-bond acceptors (Lipinski definition) is 0. The summed E-state index contributed by atoms with van der Waals surface area (Å²) in [4.78, 5) is 0. The van der Waals surface area contributed by atoms with Crippen LogP contribution >= 0.6 is 15.9 Å². The lowest BCUT2D eigenvalue weighted by Gasteiger charge is -2.01. The summed E-state index contributed by atoms with van der Waals surface area (Å²) in [5.74, 6) is 6.17. The number of hydrogen-bond donors (Lipinski definition) is 0. The van der Waals surface area contributed by atoms with Crippen LogP contribution in [0.15, 0.2) is 34.9 Å². The molecule has 0 bridgehead atoms. The van der Waals surface area contributed by atoms with E-state index in [9.17, 15) is 0 Å². The minimum atomic E-state index is 0.784. The molecule has 0 amide bonds. The highest BCUT2D eigenvalue weighted by Gasteiger charge is 1.91. The minimum absolute atomic E-state index is 0.784. The van der Waals surface area contributed by atoms with Crippen molar-refractivity contribution in [1.29, 1.82) is 0 Å². The van der Waals surface area contributed by atoms with Crippen LogP contribution < -0.4 is 0 Å². The van der Waals surface area contributed by atoms with Crippen molar-refractivity contribution in [2.75, 3.05) is 5.33 Å². The smallest absolute Gasteiger partial charge is 0.0645 e. The fourth-order valence-electron chi connectivity index (χ4n) is 1.87. The molecule has 0 aliphatic carbocycles. The average molecular weight is 337 g/mol. The van der Waals surface area contributed by atoms with E-state index in [0.717, 1.165) is 24.6 Å². The Hall–Kier alpha value is -0.740. The lowest BCUT2D eigenvalue weighted by atomic mass is 10.1. The lowest BCUT2D eigenvalue weighted by Crippen LogP contribution is -1.81. The van der Waals surface area contributed by atoms with Gasteiger partial charge in [-0.2, -0.15) is 0 Å². The zero-order valence-electron chi connectivity index (χ0n) is 13.6. The highest BCUT2D eigenvalue weighted by atomic mass is 79.9. The van der Waals surface area contributed by atoms with E-state index in [-0.39, 0.29) is 0 Å². The van der Waals surface area contributed by atoms with Crippen molar-refractivity contribution in [3.8, 4) is 11.8 Å². The van der Waals surface area contributed by atoms with Crippen LogP contribution in [0, 0.1) is 11.8 Å². The molecule has 0 aromatic carbocycles. The third-order valence-corrected chi connectivity index (χ3v) is 3.36. The fraction of sp³-hybridized carbons (Fsp3) is 0.579.